The van der Waals surface area contributed by atoms with Gasteiger partial charge in [-0.1, -0.05) is 29.3 Å². The van der Waals surface area contributed by atoms with E-state index in [-0.39, 0.29) is 47.9 Å². The lowest BCUT2D eigenvalue weighted by Gasteiger charge is -2.19. The van der Waals surface area contributed by atoms with E-state index in [0.29, 0.717) is 18.4 Å². The topological polar surface area (TPSA) is 107 Å². The number of ketones is 1. The number of allylic oxidation sites excluding steroid dienone is 2. The average molecular weight is 490 g/mol. The Labute approximate surface area is 208 Å². The second-order valence-electron chi connectivity index (χ2n) is 9.15. The Bertz CT molecular complexity index is 1230. The molecule has 1 heterocycles. The fraction of sp³-hybridized carbons (Fsp3) is 0.321. The molecule has 0 spiro atoms. The maximum atomic E-state index is 12.6. The quantitative estimate of drug-likeness (QED) is 0.183. The highest BCUT2D eigenvalue weighted by Gasteiger charge is 2.47. The van der Waals surface area contributed by atoms with E-state index in [9.17, 15) is 24.0 Å². The summed E-state index contributed by atoms with van der Waals surface area (Å²) in [5, 5.41) is 0. The largest absolute Gasteiger partial charge is 0.457 e. The molecule has 8 nitrogen and oxygen atoms in total. The number of Topliss-reactive ketones (excluding diaryl/α,β-unsaturated/α-hetero) is 1. The number of ether oxygens (including phenoxy) is 2. The zero-order chi connectivity index (χ0) is 25.8. The van der Waals surface area contributed by atoms with Crippen LogP contribution >= 0.6 is 0 Å². The standard InChI is InChI=1S/C28H27NO7/c1-17-3-6-20(7-4-17)28(34)36-21-10-8-19(9-11-21)24(30)16-35-25(31)13-14-29-26(32)22-12-5-18(2)15-23(22)27(29)33/h3-11,22-23H,12-16H2,1-2H3. The van der Waals surface area contributed by atoms with E-state index in [0.717, 1.165) is 16.0 Å². The van der Waals surface area contributed by atoms with Crippen LogP contribution in [0.5, 0.6) is 5.75 Å². The van der Waals surface area contributed by atoms with Crippen molar-refractivity contribution in [2.24, 2.45) is 11.8 Å². The minimum Gasteiger partial charge on any atom is -0.457 e. The number of rotatable bonds is 8. The molecular formula is C28H27NO7. The highest BCUT2D eigenvalue weighted by Crippen LogP contribution is 2.37. The van der Waals surface area contributed by atoms with Crippen LogP contribution < -0.4 is 4.74 Å². The molecule has 8 heteroatoms. The smallest absolute Gasteiger partial charge is 0.343 e. The van der Waals surface area contributed by atoms with Crippen molar-refractivity contribution < 1.29 is 33.4 Å². The van der Waals surface area contributed by atoms with Crippen molar-refractivity contribution >= 4 is 29.5 Å². The van der Waals surface area contributed by atoms with Crippen LogP contribution in [-0.2, 0) is 19.1 Å². The first-order valence-corrected chi connectivity index (χ1v) is 11.8. The summed E-state index contributed by atoms with van der Waals surface area (Å²) in [5.41, 5.74) is 2.82. The minimum atomic E-state index is -0.670. The number of imide groups is 1. The van der Waals surface area contributed by atoms with Crippen LogP contribution in [0.25, 0.3) is 0 Å². The molecule has 0 bridgehead atoms. The van der Waals surface area contributed by atoms with Crippen LogP contribution in [0.3, 0.4) is 0 Å². The fourth-order valence-electron chi connectivity index (χ4n) is 4.40. The molecular weight excluding hydrogens is 462 g/mol. The summed E-state index contributed by atoms with van der Waals surface area (Å²) in [5.74, 6) is -2.52. The van der Waals surface area contributed by atoms with Gasteiger partial charge in [-0.15, -0.1) is 0 Å². The molecule has 0 saturated carbocycles. The van der Waals surface area contributed by atoms with E-state index in [1.165, 1.54) is 24.3 Å². The van der Waals surface area contributed by atoms with Crippen molar-refractivity contribution in [2.75, 3.05) is 13.2 Å². The normalized spacial score (nSPS) is 18.9. The van der Waals surface area contributed by atoms with Crippen molar-refractivity contribution in [1.29, 1.82) is 0 Å². The molecule has 1 aliphatic heterocycles. The van der Waals surface area contributed by atoms with E-state index in [1.54, 1.807) is 12.1 Å². The Balaban J connectivity index is 1.23. The van der Waals surface area contributed by atoms with Gasteiger partial charge in [-0.05, 0) is 63.1 Å². The molecule has 1 fully saturated rings. The van der Waals surface area contributed by atoms with Crippen LogP contribution in [0, 0.1) is 18.8 Å². The monoisotopic (exact) mass is 489 g/mol. The molecule has 1 saturated heterocycles. The summed E-state index contributed by atoms with van der Waals surface area (Å²) >= 11 is 0. The highest BCUT2D eigenvalue weighted by molar-refractivity contribution is 6.05. The fourth-order valence-corrected chi connectivity index (χ4v) is 4.40. The summed E-state index contributed by atoms with van der Waals surface area (Å²) in [6.07, 6.45) is 2.91. The molecule has 0 radical (unpaired) electrons. The van der Waals surface area contributed by atoms with E-state index in [1.807, 2.05) is 32.1 Å². The van der Waals surface area contributed by atoms with Crippen LogP contribution in [0.2, 0.25) is 0 Å². The molecule has 186 valence electrons. The van der Waals surface area contributed by atoms with Gasteiger partial charge in [0.1, 0.15) is 5.75 Å². The number of amides is 2. The summed E-state index contributed by atoms with van der Waals surface area (Å²) in [6, 6.07) is 12.9. The third-order valence-corrected chi connectivity index (χ3v) is 6.49. The van der Waals surface area contributed by atoms with Crippen LogP contribution in [0.4, 0.5) is 0 Å². The lowest BCUT2D eigenvalue weighted by atomic mass is 9.82. The molecule has 0 aromatic heterocycles. The number of benzene rings is 2. The molecule has 1 aliphatic carbocycles. The molecule has 36 heavy (non-hydrogen) atoms. The van der Waals surface area contributed by atoms with E-state index in [4.69, 9.17) is 9.47 Å². The Morgan fingerprint density at radius 2 is 1.53 bits per heavy atom. The van der Waals surface area contributed by atoms with Crippen molar-refractivity contribution in [3.05, 3.63) is 76.9 Å². The van der Waals surface area contributed by atoms with Crippen molar-refractivity contribution in [1.82, 2.24) is 4.90 Å². The summed E-state index contributed by atoms with van der Waals surface area (Å²) in [7, 11) is 0. The predicted octanol–water partition coefficient (Wildman–Crippen LogP) is 3.67. The molecule has 4 rings (SSSR count). The molecule has 0 N–H and O–H groups in total. The maximum Gasteiger partial charge on any atom is 0.343 e. The number of nitrogens with zero attached hydrogens (tertiary/aromatic N) is 1. The SMILES string of the molecule is CC1=CCC2C(=O)N(CCC(=O)OCC(=O)c3ccc(OC(=O)c4ccc(C)cc4)cc3)C(=O)C2C1. The number of carbonyl (C=O) groups excluding carboxylic acids is 5. The lowest BCUT2D eigenvalue weighted by Crippen LogP contribution is -2.33. The second-order valence-corrected chi connectivity index (χ2v) is 9.15. The zero-order valence-electron chi connectivity index (χ0n) is 20.2. The van der Waals surface area contributed by atoms with Crippen molar-refractivity contribution in [2.45, 2.75) is 33.1 Å². The van der Waals surface area contributed by atoms with Gasteiger partial charge in [0.2, 0.25) is 11.8 Å². The summed E-state index contributed by atoms with van der Waals surface area (Å²) in [4.78, 5) is 63.0. The average Bonchev–Trinajstić information content (AvgIpc) is 3.10. The van der Waals surface area contributed by atoms with Crippen LogP contribution in [0.1, 0.15) is 52.5 Å². The summed E-state index contributed by atoms with van der Waals surface area (Å²) in [6.45, 7) is 3.33. The van der Waals surface area contributed by atoms with Gasteiger partial charge in [0.25, 0.3) is 0 Å². The van der Waals surface area contributed by atoms with Gasteiger partial charge in [-0.2, -0.15) is 0 Å². The molecule has 2 aromatic rings. The minimum absolute atomic E-state index is 0.0578. The number of esters is 2. The molecule has 2 aromatic carbocycles. The molecule has 2 aliphatic rings. The Kier molecular flexibility index (Phi) is 7.43. The van der Waals surface area contributed by atoms with Gasteiger partial charge < -0.3 is 9.47 Å². The molecule has 2 atom stereocenters. The van der Waals surface area contributed by atoms with Crippen molar-refractivity contribution in [3.8, 4) is 5.75 Å². The van der Waals surface area contributed by atoms with Gasteiger partial charge in [0, 0.05) is 12.1 Å². The number of fused-ring (bicyclic) bond motifs is 1. The van der Waals surface area contributed by atoms with E-state index >= 15 is 0 Å². The van der Waals surface area contributed by atoms with E-state index < -0.39 is 24.3 Å². The number of likely N-dealkylation sites (tertiary alicyclic amines) is 1. The number of carbonyl (C=O) groups is 5. The third kappa shape index (κ3) is 5.59. The Morgan fingerprint density at radius 3 is 2.22 bits per heavy atom. The maximum absolute atomic E-state index is 12.6. The van der Waals surface area contributed by atoms with Gasteiger partial charge in [-0.25, -0.2) is 4.79 Å². The molecule has 2 amide bonds. The summed E-state index contributed by atoms with van der Waals surface area (Å²) < 4.78 is 10.4. The van der Waals surface area contributed by atoms with E-state index in [2.05, 4.69) is 0 Å². The third-order valence-electron chi connectivity index (χ3n) is 6.49. The van der Waals surface area contributed by atoms with Gasteiger partial charge >= 0.3 is 11.9 Å². The second kappa shape index (κ2) is 10.7. The lowest BCUT2D eigenvalue weighted by molar-refractivity contribution is -0.145. The van der Waals surface area contributed by atoms with Gasteiger partial charge in [-0.3, -0.25) is 24.1 Å². The Morgan fingerprint density at radius 1 is 0.889 bits per heavy atom. The van der Waals surface area contributed by atoms with Crippen LogP contribution in [0.15, 0.2) is 60.2 Å². The first-order chi connectivity index (χ1) is 17.2. The van der Waals surface area contributed by atoms with Gasteiger partial charge in [0.15, 0.2) is 12.4 Å². The number of hydrogen-bond donors (Lipinski definition) is 0. The van der Waals surface area contributed by atoms with Gasteiger partial charge in [0.05, 0.1) is 23.8 Å². The first kappa shape index (κ1) is 25.0. The zero-order valence-corrected chi connectivity index (χ0v) is 20.2. The molecule has 2 unspecified atom stereocenters. The Hall–Kier alpha value is -4.07. The highest BCUT2D eigenvalue weighted by atomic mass is 16.5. The van der Waals surface area contributed by atoms with Crippen LogP contribution in [-0.4, -0.2) is 47.6 Å². The first-order valence-electron chi connectivity index (χ1n) is 11.8. The predicted molar refractivity (Wildman–Crippen MR) is 129 cm³/mol. The number of hydrogen-bond acceptors (Lipinski definition) is 7. The number of aryl methyl sites for hydroxylation is 1. The van der Waals surface area contributed by atoms with Crippen molar-refractivity contribution in [3.63, 3.8) is 0 Å².